The van der Waals surface area contributed by atoms with Gasteiger partial charge in [-0.3, -0.25) is 9.59 Å². The molecule has 2 rings (SSSR count). The van der Waals surface area contributed by atoms with Crippen molar-refractivity contribution < 1.29 is 19.1 Å². The van der Waals surface area contributed by atoms with Gasteiger partial charge in [0.15, 0.2) is 11.5 Å². The number of anilines is 1. The largest absolute Gasteiger partial charge is 0.486 e. The van der Waals surface area contributed by atoms with Crippen LogP contribution in [0.4, 0.5) is 5.69 Å². The Morgan fingerprint density at radius 3 is 2.58 bits per heavy atom. The molecule has 0 saturated heterocycles. The van der Waals surface area contributed by atoms with Crippen LogP contribution in [0.2, 0.25) is 0 Å². The highest BCUT2D eigenvalue weighted by molar-refractivity contribution is 5.96. The minimum atomic E-state index is -0.592. The van der Waals surface area contributed by atoms with Gasteiger partial charge in [-0.05, 0) is 19.1 Å². The minimum absolute atomic E-state index is 0.246. The Hall–Kier alpha value is -2.24. The second-order valence-corrected chi connectivity index (χ2v) is 4.27. The molecule has 0 aromatic heterocycles. The Labute approximate surface area is 111 Å². The van der Waals surface area contributed by atoms with Crippen molar-refractivity contribution in [1.82, 2.24) is 5.32 Å². The number of amides is 2. The fraction of sp³-hybridized carbons (Fsp3) is 0.385. The predicted molar refractivity (Wildman–Crippen MR) is 69.3 cm³/mol. The molecule has 2 amide bonds. The predicted octanol–water partition coefficient (Wildman–Crippen LogP) is 0.921. The third-order valence-corrected chi connectivity index (χ3v) is 2.62. The molecule has 2 N–H and O–H groups in total. The van der Waals surface area contributed by atoms with Gasteiger partial charge in [0.2, 0.25) is 11.8 Å². The Kier molecular flexibility index (Phi) is 3.89. The second-order valence-electron chi connectivity index (χ2n) is 4.27. The maximum absolute atomic E-state index is 11.8. The summed E-state index contributed by atoms with van der Waals surface area (Å²) in [7, 11) is 0. The number of nitrogens with one attached hydrogen (secondary N) is 2. The highest BCUT2D eigenvalue weighted by atomic mass is 16.6. The van der Waals surface area contributed by atoms with Crippen LogP contribution >= 0.6 is 0 Å². The lowest BCUT2D eigenvalue weighted by molar-refractivity contribution is -0.124. The average molecular weight is 264 g/mol. The summed E-state index contributed by atoms with van der Waals surface area (Å²) in [5, 5.41) is 5.23. The lowest BCUT2D eigenvalue weighted by Gasteiger charge is -2.19. The number of rotatable bonds is 3. The number of carbonyl (C=O) groups is 2. The molecule has 0 bridgehead atoms. The van der Waals surface area contributed by atoms with Crippen LogP contribution in [0.15, 0.2) is 18.2 Å². The third kappa shape index (κ3) is 3.37. The Morgan fingerprint density at radius 2 is 1.89 bits per heavy atom. The molecule has 1 aromatic rings. The molecule has 1 unspecified atom stereocenters. The van der Waals surface area contributed by atoms with Crippen molar-refractivity contribution in [3.05, 3.63) is 18.2 Å². The van der Waals surface area contributed by atoms with Crippen molar-refractivity contribution in [2.45, 2.75) is 19.9 Å². The van der Waals surface area contributed by atoms with Crippen LogP contribution < -0.4 is 20.1 Å². The van der Waals surface area contributed by atoms with Crippen molar-refractivity contribution in [3.8, 4) is 11.5 Å². The van der Waals surface area contributed by atoms with Gasteiger partial charge in [0.1, 0.15) is 19.3 Å². The third-order valence-electron chi connectivity index (χ3n) is 2.62. The number of ether oxygens (including phenoxy) is 2. The molecule has 102 valence electrons. The van der Waals surface area contributed by atoms with Crippen molar-refractivity contribution in [1.29, 1.82) is 0 Å². The zero-order chi connectivity index (χ0) is 13.8. The van der Waals surface area contributed by atoms with Gasteiger partial charge in [0.25, 0.3) is 0 Å². The Morgan fingerprint density at radius 1 is 1.21 bits per heavy atom. The van der Waals surface area contributed by atoms with E-state index in [-0.39, 0.29) is 11.8 Å². The average Bonchev–Trinajstić information content (AvgIpc) is 2.37. The van der Waals surface area contributed by atoms with Gasteiger partial charge in [-0.15, -0.1) is 0 Å². The van der Waals surface area contributed by atoms with Gasteiger partial charge in [-0.25, -0.2) is 0 Å². The van der Waals surface area contributed by atoms with E-state index in [1.807, 2.05) is 0 Å². The topological polar surface area (TPSA) is 76.7 Å². The molecule has 1 aliphatic heterocycles. The van der Waals surface area contributed by atoms with E-state index in [0.717, 1.165) is 0 Å². The van der Waals surface area contributed by atoms with E-state index < -0.39 is 6.04 Å². The van der Waals surface area contributed by atoms with Gasteiger partial charge in [-0.2, -0.15) is 0 Å². The second kappa shape index (κ2) is 5.60. The van der Waals surface area contributed by atoms with Gasteiger partial charge in [0.05, 0.1) is 0 Å². The maximum Gasteiger partial charge on any atom is 0.246 e. The van der Waals surface area contributed by atoms with Crippen LogP contribution in [0.3, 0.4) is 0 Å². The molecular formula is C13H16N2O4. The fourth-order valence-corrected chi connectivity index (χ4v) is 1.74. The lowest BCUT2D eigenvalue weighted by atomic mass is 10.2. The molecule has 0 spiro atoms. The van der Waals surface area contributed by atoms with Crippen LogP contribution in [0, 0.1) is 0 Å². The SMILES string of the molecule is CC(=O)NC(C)C(=O)Nc1ccc2c(c1)OCCO2. The van der Waals surface area contributed by atoms with Gasteiger partial charge in [0, 0.05) is 18.7 Å². The van der Waals surface area contributed by atoms with Crippen LogP contribution in [0.1, 0.15) is 13.8 Å². The van der Waals surface area contributed by atoms with Gasteiger partial charge in [-0.1, -0.05) is 0 Å². The summed E-state index contributed by atoms with van der Waals surface area (Å²) in [5.74, 6) is 0.743. The molecule has 0 saturated carbocycles. The van der Waals surface area contributed by atoms with E-state index in [9.17, 15) is 9.59 Å². The van der Waals surface area contributed by atoms with Crippen molar-refractivity contribution in [2.24, 2.45) is 0 Å². The molecule has 6 heteroatoms. The van der Waals surface area contributed by atoms with Gasteiger partial charge >= 0.3 is 0 Å². The molecule has 0 aliphatic carbocycles. The van der Waals surface area contributed by atoms with Gasteiger partial charge < -0.3 is 20.1 Å². The van der Waals surface area contributed by atoms with Crippen LogP contribution in [-0.4, -0.2) is 31.1 Å². The quantitative estimate of drug-likeness (QED) is 0.851. The first-order valence-electron chi connectivity index (χ1n) is 6.04. The standard InChI is InChI=1S/C13H16N2O4/c1-8(14-9(2)16)13(17)15-10-3-4-11-12(7-10)19-6-5-18-11/h3-4,7-8H,5-6H2,1-2H3,(H,14,16)(H,15,17). The number of benzene rings is 1. The number of hydrogen-bond acceptors (Lipinski definition) is 4. The molecule has 1 aromatic carbocycles. The first kappa shape index (κ1) is 13.2. The van der Waals surface area contributed by atoms with Crippen molar-refractivity contribution >= 4 is 17.5 Å². The molecule has 1 heterocycles. The summed E-state index contributed by atoms with van der Waals surface area (Å²) in [6, 6.07) is 4.58. The van der Waals surface area contributed by atoms with E-state index in [2.05, 4.69) is 10.6 Å². The summed E-state index contributed by atoms with van der Waals surface area (Å²) in [6.45, 7) is 4.01. The minimum Gasteiger partial charge on any atom is -0.486 e. The van der Waals surface area contributed by atoms with E-state index in [0.29, 0.717) is 30.4 Å². The van der Waals surface area contributed by atoms with E-state index in [1.54, 1.807) is 25.1 Å². The Bertz CT molecular complexity index is 501. The van der Waals surface area contributed by atoms with Crippen molar-refractivity contribution in [2.75, 3.05) is 18.5 Å². The highest BCUT2D eigenvalue weighted by Gasteiger charge is 2.16. The monoisotopic (exact) mass is 264 g/mol. The number of hydrogen-bond donors (Lipinski definition) is 2. The normalized spacial score (nSPS) is 14.4. The Balaban J connectivity index is 2.03. The number of fused-ring (bicyclic) bond motifs is 1. The first-order chi connectivity index (χ1) is 9.06. The van der Waals surface area contributed by atoms with Crippen molar-refractivity contribution in [3.63, 3.8) is 0 Å². The summed E-state index contributed by atoms with van der Waals surface area (Å²) in [4.78, 5) is 22.7. The summed E-state index contributed by atoms with van der Waals surface area (Å²) >= 11 is 0. The smallest absolute Gasteiger partial charge is 0.246 e. The molecule has 19 heavy (non-hydrogen) atoms. The number of carbonyl (C=O) groups excluding carboxylic acids is 2. The van der Waals surface area contributed by atoms with E-state index in [1.165, 1.54) is 6.92 Å². The fourth-order valence-electron chi connectivity index (χ4n) is 1.74. The van der Waals surface area contributed by atoms with Crippen LogP contribution in [0.25, 0.3) is 0 Å². The zero-order valence-corrected chi connectivity index (χ0v) is 10.9. The van der Waals surface area contributed by atoms with Crippen LogP contribution in [-0.2, 0) is 9.59 Å². The zero-order valence-electron chi connectivity index (χ0n) is 10.9. The molecule has 1 aliphatic rings. The highest BCUT2D eigenvalue weighted by Crippen LogP contribution is 2.32. The summed E-state index contributed by atoms with van der Waals surface area (Å²) < 4.78 is 10.8. The molecule has 6 nitrogen and oxygen atoms in total. The maximum atomic E-state index is 11.8. The molecule has 0 fully saturated rings. The molecule has 0 radical (unpaired) electrons. The van der Waals surface area contributed by atoms with E-state index >= 15 is 0 Å². The summed E-state index contributed by atoms with van der Waals surface area (Å²) in [6.07, 6.45) is 0. The summed E-state index contributed by atoms with van der Waals surface area (Å²) in [5.41, 5.74) is 0.603. The van der Waals surface area contributed by atoms with Crippen LogP contribution in [0.5, 0.6) is 11.5 Å². The molecule has 1 atom stereocenters. The van der Waals surface area contributed by atoms with E-state index in [4.69, 9.17) is 9.47 Å². The molecular weight excluding hydrogens is 248 g/mol. The first-order valence-corrected chi connectivity index (χ1v) is 6.04. The lowest BCUT2D eigenvalue weighted by Crippen LogP contribution is -2.40.